The van der Waals surface area contributed by atoms with E-state index in [4.69, 9.17) is 12.2 Å². The number of nitrogens with one attached hydrogen (secondary N) is 3. The van der Waals surface area contributed by atoms with E-state index >= 15 is 0 Å². The second-order valence-corrected chi connectivity index (χ2v) is 5.14. The lowest BCUT2D eigenvalue weighted by atomic mass is 10.1. The van der Waals surface area contributed by atoms with Gasteiger partial charge in [0.05, 0.1) is 0 Å². The standard InChI is InChI=1S/C15H21N3O2S/c1-3-4-5-10-13(19)16-15(21)18-17-14(20)12-9-7-6-8-11(12)2/h6-9H,3-5,10H2,1-2H3,(H,17,20)(H2,16,18,19,21). The molecule has 6 heteroatoms. The number of hydrogen-bond acceptors (Lipinski definition) is 3. The molecule has 0 saturated heterocycles. The van der Waals surface area contributed by atoms with Gasteiger partial charge in [-0.15, -0.1) is 0 Å². The van der Waals surface area contributed by atoms with Gasteiger partial charge in [0, 0.05) is 12.0 Å². The van der Waals surface area contributed by atoms with Crippen molar-refractivity contribution in [3.8, 4) is 0 Å². The first-order valence-electron chi connectivity index (χ1n) is 7.00. The van der Waals surface area contributed by atoms with E-state index in [0.29, 0.717) is 12.0 Å². The summed E-state index contributed by atoms with van der Waals surface area (Å²) in [6, 6.07) is 7.22. The molecule has 0 aliphatic rings. The van der Waals surface area contributed by atoms with Crippen molar-refractivity contribution in [2.24, 2.45) is 0 Å². The fourth-order valence-corrected chi connectivity index (χ4v) is 1.93. The lowest BCUT2D eigenvalue weighted by Gasteiger charge is -2.11. The van der Waals surface area contributed by atoms with Gasteiger partial charge in [0.1, 0.15) is 0 Å². The highest BCUT2D eigenvalue weighted by atomic mass is 32.1. The molecule has 0 saturated carbocycles. The first-order valence-corrected chi connectivity index (χ1v) is 7.41. The van der Waals surface area contributed by atoms with E-state index < -0.39 is 0 Å². The van der Waals surface area contributed by atoms with Gasteiger partial charge in [-0.1, -0.05) is 38.0 Å². The summed E-state index contributed by atoms with van der Waals surface area (Å²) in [5, 5.41) is 2.62. The van der Waals surface area contributed by atoms with E-state index in [-0.39, 0.29) is 16.9 Å². The average molecular weight is 307 g/mol. The third-order valence-corrected chi connectivity index (χ3v) is 3.14. The summed E-state index contributed by atoms with van der Waals surface area (Å²) in [6.45, 7) is 3.92. The molecule has 5 nitrogen and oxygen atoms in total. The van der Waals surface area contributed by atoms with Gasteiger partial charge in [-0.3, -0.25) is 20.4 Å². The number of thiocarbonyl (C=S) groups is 1. The lowest BCUT2D eigenvalue weighted by molar-refractivity contribution is -0.119. The summed E-state index contributed by atoms with van der Waals surface area (Å²) in [4.78, 5) is 23.5. The predicted molar refractivity (Wildman–Crippen MR) is 86.7 cm³/mol. The predicted octanol–water partition coefficient (Wildman–Crippen LogP) is 2.21. The van der Waals surface area contributed by atoms with Crippen LogP contribution in [0.4, 0.5) is 0 Å². The highest BCUT2D eigenvalue weighted by molar-refractivity contribution is 7.80. The van der Waals surface area contributed by atoms with Crippen LogP contribution in [0.2, 0.25) is 0 Å². The molecule has 0 radical (unpaired) electrons. The molecular formula is C15H21N3O2S. The first kappa shape index (κ1) is 17.1. The van der Waals surface area contributed by atoms with Crippen LogP contribution in [0, 0.1) is 6.92 Å². The summed E-state index contributed by atoms with van der Waals surface area (Å²) in [6.07, 6.45) is 3.34. The van der Waals surface area contributed by atoms with Crippen molar-refractivity contribution in [1.29, 1.82) is 0 Å². The number of amides is 2. The van der Waals surface area contributed by atoms with Crippen molar-refractivity contribution in [3.05, 3.63) is 35.4 Å². The number of rotatable bonds is 5. The minimum Gasteiger partial charge on any atom is -0.302 e. The van der Waals surface area contributed by atoms with Crippen molar-refractivity contribution in [2.75, 3.05) is 0 Å². The molecule has 0 aliphatic carbocycles. The van der Waals surface area contributed by atoms with Gasteiger partial charge in [0.25, 0.3) is 5.91 Å². The summed E-state index contributed by atoms with van der Waals surface area (Å²) in [7, 11) is 0. The third-order valence-electron chi connectivity index (χ3n) is 2.94. The van der Waals surface area contributed by atoms with Crippen molar-refractivity contribution >= 4 is 29.1 Å². The Morgan fingerprint density at radius 2 is 1.86 bits per heavy atom. The normalized spacial score (nSPS) is 9.81. The van der Waals surface area contributed by atoms with Gasteiger partial charge in [-0.25, -0.2) is 0 Å². The van der Waals surface area contributed by atoms with Gasteiger partial charge in [0.15, 0.2) is 5.11 Å². The van der Waals surface area contributed by atoms with E-state index in [1.54, 1.807) is 12.1 Å². The van der Waals surface area contributed by atoms with E-state index in [1.807, 2.05) is 19.1 Å². The van der Waals surface area contributed by atoms with Gasteiger partial charge < -0.3 is 5.32 Å². The molecule has 1 aromatic carbocycles. The Bertz CT molecular complexity index is 517. The lowest BCUT2D eigenvalue weighted by Crippen LogP contribution is -2.48. The summed E-state index contributed by atoms with van der Waals surface area (Å²) in [5.41, 5.74) is 6.42. The molecule has 0 heterocycles. The van der Waals surface area contributed by atoms with Gasteiger partial charge in [-0.2, -0.15) is 0 Å². The minimum absolute atomic E-state index is 0.0958. The number of carbonyl (C=O) groups is 2. The van der Waals surface area contributed by atoms with Crippen LogP contribution in [0.5, 0.6) is 0 Å². The van der Waals surface area contributed by atoms with Crippen LogP contribution in [0.25, 0.3) is 0 Å². The molecule has 1 aromatic rings. The smallest absolute Gasteiger partial charge is 0.269 e. The maximum absolute atomic E-state index is 11.9. The molecule has 0 aliphatic heterocycles. The monoisotopic (exact) mass is 307 g/mol. The Morgan fingerprint density at radius 1 is 1.14 bits per heavy atom. The van der Waals surface area contributed by atoms with Crippen LogP contribution < -0.4 is 16.2 Å². The zero-order chi connectivity index (χ0) is 15.7. The number of unbranched alkanes of at least 4 members (excludes halogenated alkanes) is 2. The molecule has 0 aromatic heterocycles. The van der Waals surface area contributed by atoms with E-state index in [9.17, 15) is 9.59 Å². The van der Waals surface area contributed by atoms with Crippen molar-refractivity contribution in [2.45, 2.75) is 39.5 Å². The number of hydrazine groups is 1. The molecule has 1 rings (SSSR count). The van der Waals surface area contributed by atoms with Crippen LogP contribution in [-0.2, 0) is 4.79 Å². The molecule has 0 bridgehead atoms. The molecule has 2 amide bonds. The van der Waals surface area contributed by atoms with Crippen LogP contribution in [0.1, 0.15) is 48.5 Å². The molecular weight excluding hydrogens is 286 g/mol. The highest BCUT2D eigenvalue weighted by Crippen LogP contribution is 2.05. The largest absolute Gasteiger partial charge is 0.302 e. The Hall–Kier alpha value is -1.95. The van der Waals surface area contributed by atoms with Crippen LogP contribution >= 0.6 is 12.2 Å². The van der Waals surface area contributed by atoms with E-state index in [1.165, 1.54) is 0 Å². The number of benzene rings is 1. The van der Waals surface area contributed by atoms with E-state index in [2.05, 4.69) is 23.1 Å². The maximum Gasteiger partial charge on any atom is 0.269 e. The summed E-state index contributed by atoms with van der Waals surface area (Å²) >= 11 is 4.95. The van der Waals surface area contributed by atoms with Crippen LogP contribution in [0.15, 0.2) is 24.3 Å². The maximum atomic E-state index is 11.9. The zero-order valence-corrected chi connectivity index (χ0v) is 13.2. The average Bonchev–Trinajstić information content (AvgIpc) is 2.45. The van der Waals surface area contributed by atoms with Crippen molar-refractivity contribution < 1.29 is 9.59 Å². The highest BCUT2D eigenvalue weighted by Gasteiger charge is 2.09. The third kappa shape index (κ3) is 6.35. The van der Waals surface area contributed by atoms with Gasteiger partial charge in [-0.05, 0) is 37.2 Å². The minimum atomic E-state index is -0.296. The first-order chi connectivity index (χ1) is 10.0. The van der Waals surface area contributed by atoms with Gasteiger partial charge >= 0.3 is 0 Å². The zero-order valence-electron chi connectivity index (χ0n) is 12.4. The Labute approximate surface area is 130 Å². The Balaban J connectivity index is 2.34. The molecule has 21 heavy (non-hydrogen) atoms. The Morgan fingerprint density at radius 3 is 2.52 bits per heavy atom. The number of aryl methyl sites for hydroxylation is 1. The SMILES string of the molecule is CCCCCC(=O)NC(=S)NNC(=O)c1ccccc1C. The second kappa shape index (κ2) is 9.07. The topological polar surface area (TPSA) is 70.2 Å². The molecule has 0 fully saturated rings. The fraction of sp³-hybridized carbons (Fsp3) is 0.400. The quantitative estimate of drug-likeness (QED) is 0.443. The fourth-order valence-electron chi connectivity index (χ4n) is 1.76. The van der Waals surface area contributed by atoms with Crippen LogP contribution in [0.3, 0.4) is 0 Å². The molecule has 114 valence electrons. The number of hydrogen-bond donors (Lipinski definition) is 3. The van der Waals surface area contributed by atoms with Gasteiger partial charge in [0.2, 0.25) is 5.91 Å². The molecule has 0 spiro atoms. The van der Waals surface area contributed by atoms with E-state index in [0.717, 1.165) is 24.8 Å². The molecule has 3 N–H and O–H groups in total. The number of carbonyl (C=O) groups excluding carboxylic acids is 2. The molecule has 0 atom stereocenters. The molecule has 0 unspecified atom stereocenters. The second-order valence-electron chi connectivity index (χ2n) is 4.73. The summed E-state index contributed by atoms with van der Waals surface area (Å²) < 4.78 is 0. The Kier molecular flexibility index (Phi) is 7.39. The van der Waals surface area contributed by atoms with Crippen molar-refractivity contribution in [3.63, 3.8) is 0 Å². The van der Waals surface area contributed by atoms with Crippen molar-refractivity contribution in [1.82, 2.24) is 16.2 Å². The van der Waals surface area contributed by atoms with Crippen LogP contribution in [-0.4, -0.2) is 16.9 Å². The summed E-state index contributed by atoms with van der Waals surface area (Å²) in [5.74, 6) is -0.443.